The standard InChI is InChI=1S/C11H19N5O/c1-9-11(7-12,2-5-17-9)16-4-3-15-8-13-14-10(15)6-16/h8-9H,2-7,12H2,1H3. The van der Waals surface area contributed by atoms with Crippen LogP contribution >= 0.6 is 0 Å². The van der Waals surface area contributed by atoms with Gasteiger partial charge in [-0.3, -0.25) is 4.90 Å². The van der Waals surface area contributed by atoms with E-state index in [1.165, 1.54) is 0 Å². The van der Waals surface area contributed by atoms with Crippen molar-refractivity contribution in [1.29, 1.82) is 0 Å². The van der Waals surface area contributed by atoms with Crippen molar-refractivity contribution in [3.05, 3.63) is 12.2 Å². The lowest BCUT2D eigenvalue weighted by Crippen LogP contribution is -2.59. The summed E-state index contributed by atoms with van der Waals surface area (Å²) in [6.45, 7) is 6.33. The molecule has 0 radical (unpaired) electrons. The molecule has 94 valence electrons. The van der Waals surface area contributed by atoms with Crippen LogP contribution < -0.4 is 5.73 Å². The number of fused-ring (bicyclic) bond motifs is 1. The first-order chi connectivity index (χ1) is 8.26. The van der Waals surface area contributed by atoms with Crippen molar-refractivity contribution in [2.75, 3.05) is 19.7 Å². The first-order valence-corrected chi connectivity index (χ1v) is 6.20. The number of aromatic nitrogens is 3. The molecule has 2 unspecified atom stereocenters. The third-order valence-corrected chi connectivity index (χ3v) is 4.28. The van der Waals surface area contributed by atoms with Crippen LogP contribution in [0.1, 0.15) is 19.2 Å². The van der Waals surface area contributed by atoms with Gasteiger partial charge in [-0.25, -0.2) is 0 Å². The van der Waals surface area contributed by atoms with E-state index < -0.39 is 0 Å². The highest BCUT2D eigenvalue weighted by Gasteiger charge is 2.46. The van der Waals surface area contributed by atoms with Crippen LogP contribution in [-0.2, 0) is 17.8 Å². The van der Waals surface area contributed by atoms with Gasteiger partial charge in [0, 0.05) is 26.2 Å². The highest BCUT2D eigenvalue weighted by molar-refractivity contribution is 5.04. The molecule has 0 bridgehead atoms. The van der Waals surface area contributed by atoms with Crippen LogP contribution in [0.5, 0.6) is 0 Å². The van der Waals surface area contributed by atoms with E-state index >= 15 is 0 Å². The van der Waals surface area contributed by atoms with Gasteiger partial charge in [-0.15, -0.1) is 10.2 Å². The summed E-state index contributed by atoms with van der Waals surface area (Å²) in [5, 5.41) is 8.11. The Balaban J connectivity index is 1.85. The molecular formula is C11H19N5O. The third-order valence-electron chi connectivity index (χ3n) is 4.28. The fourth-order valence-corrected chi connectivity index (χ4v) is 3.03. The summed E-state index contributed by atoms with van der Waals surface area (Å²) in [5.41, 5.74) is 6.00. The summed E-state index contributed by atoms with van der Waals surface area (Å²) < 4.78 is 7.83. The van der Waals surface area contributed by atoms with Gasteiger partial charge in [0.2, 0.25) is 0 Å². The smallest absolute Gasteiger partial charge is 0.147 e. The maximum absolute atomic E-state index is 6.02. The van der Waals surface area contributed by atoms with Gasteiger partial charge in [0.1, 0.15) is 12.2 Å². The first kappa shape index (κ1) is 11.1. The summed E-state index contributed by atoms with van der Waals surface area (Å²) in [4.78, 5) is 2.43. The molecule has 6 heteroatoms. The van der Waals surface area contributed by atoms with E-state index in [9.17, 15) is 0 Å². The van der Waals surface area contributed by atoms with Crippen molar-refractivity contribution < 1.29 is 4.74 Å². The molecular weight excluding hydrogens is 218 g/mol. The highest BCUT2D eigenvalue weighted by Crippen LogP contribution is 2.33. The first-order valence-electron chi connectivity index (χ1n) is 6.20. The molecule has 3 rings (SSSR count). The van der Waals surface area contributed by atoms with Gasteiger partial charge in [0.05, 0.1) is 18.2 Å². The Morgan fingerprint density at radius 3 is 3.18 bits per heavy atom. The molecule has 3 heterocycles. The van der Waals surface area contributed by atoms with E-state index in [1.54, 1.807) is 6.33 Å². The van der Waals surface area contributed by atoms with Crippen LogP contribution in [0.4, 0.5) is 0 Å². The lowest BCUT2D eigenvalue weighted by molar-refractivity contribution is -0.000994. The lowest BCUT2D eigenvalue weighted by atomic mass is 9.89. The van der Waals surface area contributed by atoms with E-state index in [0.29, 0.717) is 6.54 Å². The SMILES string of the molecule is CC1OCCC1(CN)N1CCn2cnnc2C1. The van der Waals surface area contributed by atoms with Crippen LogP contribution in [0.3, 0.4) is 0 Å². The number of nitrogens with zero attached hydrogens (tertiary/aromatic N) is 4. The van der Waals surface area contributed by atoms with E-state index in [1.807, 2.05) is 0 Å². The van der Waals surface area contributed by atoms with Gasteiger partial charge in [0.15, 0.2) is 0 Å². The number of hydrogen-bond acceptors (Lipinski definition) is 5. The van der Waals surface area contributed by atoms with E-state index in [-0.39, 0.29) is 11.6 Å². The second-order valence-electron chi connectivity index (χ2n) is 4.93. The van der Waals surface area contributed by atoms with E-state index in [0.717, 1.165) is 38.5 Å². The second kappa shape index (κ2) is 4.04. The summed E-state index contributed by atoms with van der Waals surface area (Å²) in [6, 6.07) is 0. The molecule has 0 saturated carbocycles. The zero-order chi connectivity index (χ0) is 11.9. The van der Waals surface area contributed by atoms with Crippen LogP contribution in [0, 0.1) is 0 Å². The Bertz CT molecular complexity index is 406. The predicted octanol–water partition coefficient (Wildman–Crippen LogP) is -0.400. The molecule has 0 spiro atoms. The zero-order valence-electron chi connectivity index (χ0n) is 10.2. The molecule has 1 fully saturated rings. The molecule has 0 aromatic carbocycles. The summed E-state index contributed by atoms with van der Waals surface area (Å²) in [6.07, 6.45) is 3.01. The fourth-order valence-electron chi connectivity index (χ4n) is 3.03. The van der Waals surface area contributed by atoms with Gasteiger partial charge in [-0.1, -0.05) is 0 Å². The average molecular weight is 237 g/mol. The number of nitrogens with two attached hydrogens (primary N) is 1. The average Bonchev–Trinajstić information content (AvgIpc) is 2.94. The van der Waals surface area contributed by atoms with Gasteiger partial charge in [-0.2, -0.15) is 0 Å². The normalized spacial score (nSPS) is 33.9. The number of hydrogen-bond donors (Lipinski definition) is 1. The Morgan fingerprint density at radius 1 is 1.59 bits per heavy atom. The minimum Gasteiger partial charge on any atom is -0.376 e. The molecule has 2 aliphatic heterocycles. The maximum atomic E-state index is 6.02. The number of rotatable bonds is 2. The summed E-state index contributed by atoms with van der Waals surface area (Å²) in [7, 11) is 0. The van der Waals surface area contributed by atoms with Crippen LogP contribution in [-0.4, -0.2) is 51.0 Å². The van der Waals surface area contributed by atoms with E-state index in [4.69, 9.17) is 10.5 Å². The number of ether oxygens (including phenoxy) is 1. The van der Waals surface area contributed by atoms with Gasteiger partial charge >= 0.3 is 0 Å². The lowest BCUT2D eigenvalue weighted by Gasteiger charge is -2.44. The minimum absolute atomic E-state index is 0.0167. The second-order valence-corrected chi connectivity index (χ2v) is 4.93. The molecule has 0 aliphatic carbocycles. The molecule has 1 saturated heterocycles. The molecule has 1 aromatic rings. The third kappa shape index (κ3) is 1.59. The molecule has 17 heavy (non-hydrogen) atoms. The molecule has 1 aromatic heterocycles. The Morgan fingerprint density at radius 2 is 2.47 bits per heavy atom. The van der Waals surface area contributed by atoms with Crippen molar-refractivity contribution >= 4 is 0 Å². The molecule has 0 amide bonds. The van der Waals surface area contributed by atoms with Crippen LogP contribution in [0.15, 0.2) is 6.33 Å². The fraction of sp³-hybridized carbons (Fsp3) is 0.818. The molecule has 6 nitrogen and oxygen atoms in total. The van der Waals surface area contributed by atoms with Gasteiger partial charge in [0.25, 0.3) is 0 Å². The van der Waals surface area contributed by atoms with Gasteiger partial charge < -0.3 is 15.0 Å². The molecule has 2 atom stereocenters. The van der Waals surface area contributed by atoms with Crippen molar-refractivity contribution in [2.24, 2.45) is 5.73 Å². The van der Waals surface area contributed by atoms with Crippen molar-refractivity contribution in [2.45, 2.75) is 38.1 Å². The topological polar surface area (TPSA) is 69.2 Å². The highest BCUT2D eigenvalue weighted by atomic mass is 16.5. The van der Waals surface area contributed by atoms with Crippen molar-refractivity contribution in [3.63, 3.8) is 0 Å². The van der Waals surface area contributed by atoms with Crippen LogP contribution in [0.2, 0.25) is 0 Å². The van der Waals surface area contributed by atoms with Crippen LogP contribution in [0.25, 0.3) is 0 Å². The molecule has 2 N–H and O–H groups in total. The monoisotopic (exact) mass is 237 g/mol. The van der Waals surface area contributed by atoms with Gasteiger partial charge in [-0.05, 0) is 13.3 Å². The van der Waals surface area contributed by atoms with Crippen molar-refractivity contribution in [3.8, 4) is 0 Å². The predicted molar refractivity (Wildman–Crippen MR) is 62.2 cm³/mol. The minimum atomic E-state index is -0.0167. The largest absolute Gasteiger partial charge is 0.376 e. The molecule has 2 aliphatic rings. The Kier molecular flexibility index (Phi) is 2.65. The van der Waals surface area contributed by atoms with E-state index in [2.05, 4.69) is 26.6 Å². The van der Waals surface area contributed by atoms with Crippen molar-refractivity contribution in [1.82, 2.24) is 19.7 Å². The summed E-state index contributed by atoms with van der Waals surface area (Å²) >= 11 is 0. The maximum Gasteiger partial charge on any atom is 0.147 e. The summed E-state index contributed by atoms with van der Waals surface area (Å²) in [5.74, 6) is 1.03. The zero-order valence-corrected chi connectivity index (χ0v) is 10.2. The Hall–Kier alpha value is -0.980. The quantitative estimate of drug-likeness (QED) is 0.758. The Labute approximate surface area is 101 Å².